The van der Waals surface area contributed by atoms with E-state index in [0.29, 0.717) is 25.4 Å². The molecule has 0 aliphatic heterocycles. The lowest BCUT2D eigenvalue weighted by Crippen LogP contribution is -2.30. The van der Waals surface area contributed by atoms with Gasteiger partial charge < -0.3 is 19.5 Å². The zero-order valence-corrected chi connectivity index (χ0v) is 19.9. The van der Waals surface area contributed by atoms with E-state index in [2.05, 4.69) is 10.0 Å². The molecule has 0 saturated heterocycles. The van der Waals surface area contributed by atoms with E-state index in [0.717, 1.165) is 0 Å². The second-order valence-electron chi connectivity index (χ2n) is 6.89. The maximum absolute atomic E-state index is 12.7. The third-order valence-corrected chi connectivity index (χ3v) is 5.74. The smallest absolute Gasteiger partial charge is 0.340 e. The molecule has 2 rings (SSSR count). The molecule has 0 radical (unpaired) electrons. The van der Waals surface area contributed by atoms with Gasteiger partial charge in [-0.05, 0) is 56.7 Å². The van der Waals surface area contributed by atoms with Gasteiger partial charge in [0, 0.05) is 13.0 Å². The number of nitrogens with one attached hydrogen (secondary N) is 2. The predicted octanol–water partition coefficient (Wildman–Crippen LogP) is 2.50. The lowest BCUT2D eigenvalue weighted by Gasteiger charge is -2.13. The van der Waals surface area contributed by atoms with Crippen molar-refractivity contribution in [2.24, 2.45) is 0 Å². The highest BCUT2D eigenvalue weighted by molar-refractivity contribution is 7.92. The first kappa shape index (κ1) is 26.7. The molecule has 0 saturated carbocycles. The lowest BCUT2D eigenvalue weighted by molar-refractivity contribution is -0.143. The van der Waals surface area contributed by atoms with E-state index in [1.54, 1.807) is 19.1 Å². The number of esters is 2. The Balaban J connectivity index is 1.94. The summed E-state index contributed by atoms with van der Waals surface area (Å²) in [4.78, 5) is 35.6. The summed E-state index contributed by atoms with van der Waals surface area (Å²) in [5.41, 5.74) is -0.0386. The largest absolute Gasteiger partial charge is 0.494 e. The van der Waals surface area contributed by atoms with Gasteiger partial charge in [0.2, 0.25) is 0 Å². The molecule has 11 heteroatoms. The maximum Gasteiger partial charge on any atom is 0.340 e. The molecule has 0 bridgehead atoms. The fraction of sp³-hybridized carbons (Fsp3) is 0.348. The summed E-state index contributed by atoms with van der Waals surface area (Å²) in [5.74, 6) is -1.24. The minimum Gasteiger partial charge on any atom is -0.494 e. The van der Waals surface area contributed by atoms with E-state index >= 15 is 0 Å². The van der Waals surface area contributed by atoms with Crippen LogP contribution in [0.3, 0.4) is 0 Å². The molecule has 0 aliphatic carbocycles. The number of amides is 1. The Morgan fingerprint density at radius 3 is 2.29 bits per heavy atom. The van der Waals surface area contributed by atoms with Gasteiger partial charge in [0.05, 0.1) is 29.4 Å². The molecule has 10 nitrogen and oxygen atoms in total. The van der Waals surface area contributed by atoms with Crippen LogP contribution in [-0.4, -0.2) is 52.6 Å². The van der Waals surface area contributed by atoms with Gasteiger partial charge in [-0.25, -0.2) is 13.2 Å². The van der Waals surface area contributed by atoms with Crippen LogP contribution in [0.15, 0.2) is 53.4 Å². The first-order valence-electron chi connectivity index (χ1n) is 10.7. The number of carbonyl (C=O) groups excluding carboxylic acids is 3. The van der Waals surface area contributed by atoms with Gasteiger partial charge in [0.1, 0.15) is 5.75 Å². The Kier molecular flexibility index (Phi) is 10.3. The number of hydrogen-bond acceptors (Lipinski definition) is 8. The van der Waals surface area contributed by atoms with Gasteiger partial charge >= 0.3 is 11.9 Å². The summed E-state index contributed by atoms with van der Waals surface area (Å²) < 4.78 is 43.0. The zero-order chi connectivity index (χ0) is 25.0. The third-order valence-electron chi connectivity index (χ3n) is 4.36. The second-order valence-corrected chi connectivity index (χ2v) is 8.57. The van der Waals surface area contributed by atoms with Crippen molar-refractivity contribution in [1.82, 2.24) is 5.32 Å². The van der Waals surface area contributed by atoms with E-state index < -0.39 is 28.5 Å². The van der Waals surface area contributed by atoms with Gasteiger partial charge in [-0.3, -0.25) is 14.3 Å². The average molecular weight is 493 g/mol. The molecular formula is C23H28N2O8S. The van der Waals surface area contributed by atoms with Crippen LogP contribution >= 0.6 is 0 Å². The highest BCUT2D eigenvalue weighted by Gasteiger charge is 2.20. The molecule has 0 unspecified atom stereocenters. The molecule has 2 N–H and O–H groups in total. The van der Waals surface area contributed by atoms with E-state index in [9.17, 15) is 22.8 Å². The van der Waals surface area contributed by atoms with Crippen molar-refractivity contribution in [3.63, 3.8) is 0 Å². The number of para-hydroxylation sites is 1. The van der Waals surface area contributed by atoms with Crippen LogP contribution in [-0.2, 0) is 29.1 Å². The van der Waals surface area contributed by atoms with Gasteiger partial charge in [-0.2, -0.15) is 0 Å². The average Bonchev–Trinajstić information content (AvgIpc) is 2.81. The summed E-state index contributed by atoms with van der Waals surface area (Å²) in [6.07, 6.45) is 0.546. The van der Waals surface area contributed by atoms with Gasteiger partial charge in [0.15, 0.2) is 6.61 Å². The van der Waals surface area contributed by atoms with Gasteiger partial charge in [-0.15, -0.1) is 0 Å². The molecule has 0 spiro atoms. The first-order chi connectivity index (χ1) is 16.3. The van der Waals surface area contributed by atoms with Crippen LogP contribution in [0, 0.1) is 0 Å². The van der Waals surface area contributed by atoms with E-state index in [-0.39, 0.29) is 35.1 Å². The van der Waals surface area contributed by atoms with Crippen molar-refractivity contribution < 1.29 is 37.0 Å². The topological polar surface area (TPSA) is 137 Å². The normalized spacial score (nSPS) is 10.8. The van der Waals surface area contributed by atoms with E-state index in [1.807, 2.05) is 6.92 Å². The molecule has 34 heavy (non-hydrogen) atoms. The van der Waals surface area contributed by atoms with Crippen molar-refractivity contribution in [2.45, 2.75) is 31.6 Å². The Bertz CT molecular complexity index is 1080. The van der Waals surface area contributed by atoms with Crippen molar-refractivity contribution >= 4 is 33.6 Å². The standard InChI is InChI=1S/C23H28N2O8S/c1-3-31-17-11-13-18(14-12-17)34(29,30)25-20-9-6-5-8-19(20)23(28)33-16-21(26)24-15-7-10-22(27)32-4-2/h5-6,8-9,11-14,25H,3-4,7,10,15-16H2,1-2H3,(H,24,26). The molecule has 0 heterocycles. The number of rotatable bonds is 13. The van der Waals surface area contributed by atoms with Crippen LogP contribution in [0.4, 0.5) is 5.69 Å². The van der Waals surface area contributed by atoms with Crippen LogP contribution in [0.5, 0.6) is 5.75 Å². The highest BCUT2D eigenvalue weighted by Crippen LogP contribution is 2.22. The second kappa shape index (κ2) is 13.2. The maximum atomic E-state index is 12.7. The molecule has 0 fully saturated rings. The molecule has 2 aromatic rings. The van der Waals surface area contributed by atoms with Crippen molar-refractivity contribution in [3.8, 4) is 5.75 Å². The summed E-state index contributed by atoms with van der Waals surface area (Å²) in [6, 6.07) is 11.7. The summed E-state index contributed by atoms with van der Waals surface area (Å²) in [7, 11) is -3.99. The fourth-order valence-corrected chi connectivity index (χ4v) is 3.87. The van der Waals surface area contributed by atoms with Gasteiger partial charge in [0.25, 0.3) is 15.9 Å². The predicted molar refractivity (Wildman–Crippen MR) is 124 cm³/mol. The number of sulfonamides is 1. The fourth-order valence-electron chi connectivity index (χ4n) is 2.79. The highest BCUT2D eigenvalue weighted by atomic mass is 32.2. The molecule has 0 aromatic heterocycles. The van der Waals surface area contributed by atoms with Gasteiger partial charge in [-0.1, -0.05) is 12.1 Å². The molecule has 2 aromatic carbocycles. The van der Waals surface area contributed by atoms with Crippen molar-refractivity contribution in [1.29, 1.82) is 0 Å². The molecule has 0 atom stereocenters. The first-order valence-corrected chi connectivity index (χ1v) is 12.2. The Morgan fingerprint density at radius 2 is 1.62 bits per heavy atom. The molecule has 1 amide bonds. The Labute approximate surface area is 198 Å². The molecule has 184 valence electrons. The quantitative estimate of drug-likeness (QED) is 0.321. The Morgan fingerprint density at radius 1 is 0.912 bits per heavy atom. The van der Waals surface area contributed by atoms with Crippen LogP contribution in [0.1, 0.15) is 37.0 Å². The number of carbonyl (C=O) groups is 3. The van der Waals surface area contributed by atoms with Crippen LogP contribution in [0.25, 0.3) is 0 Å². The zero-order valence-electron chi connectivity index (χ0n) is 19.0. The van der Waals surface area contributed by atoms with Crippen LogP contribution < -0.4 is 14.8 Å². The van der Waals surface area contributed by atoms with Crippen molar-refractivity contribution in [2.75, 3.05) is 31.1 Å². The monoisotopic (exact) mass is 492 g/mol. The minimum atomic E-state index is -3.99. The molecule has 0 aliphatic rings. The van der Waals surface area contributed by atoms with Crippen LogP contribution in [0.2, 0.25) is 0 Å². The number of benzene rings is 2. The Hall–Kier alpha value is -3.60. The van der Waals surface area contributed by atoms with E-state index in [1.165, 1.54) is 36.4 Å². The number of anilines is 1. The number of ether oxygens (including phenoxy) is 3. The van der Waals surface area contributed by atoms with E-state index in [4.69, 9.17) is 14.2 Å². The SMILES string of the molecule is CCOC(=O)CCCNC(=O)COC(=O)c1ccccc1NS(=O)(=O)c1ccc(OCC)cc1. The van der Waals surface area contributed by atoms with Crippen molar-refractivity contribution in [3.05, 3.63) is 54.1 Å². The summed E-state index contributed by atoms with van der Waals surface area (Å²) in [5, 5.41) is 2.53. The summed E-state index contributed by atoms with van der Waals surface area (Å²) >= 11 is 0. The summed E-state index contributed by atoms with van der Waals surface area (Å²) in [6.45, 7) is 3.92. The number of hydrogen-bond donors (Lipinski definition) is 2. The molecular weight excluding hydrogens is 464 g/mol. The third kappa shape index (κ3) is 8.39. The minimum absolute atomic E-state index is 0.0104. The lowest BCUT2D eigenvalue weighted by atomic mass is 10.2.